The van der Waals surface area contributed by atoms with Gasteiger partial charge in [0, 0.05) is 40.6 Å². The Morgan fingerprint density at radius 3 is 2.61 bits per heavy atom. The molecule has 0 N–H and O–H groups in total. The van der Waals surface area contributed by atoms with E-state index < -0.39 is 20.3 Å². The molecule has 0 amide bonds. The Bertz CT molecular complexity index is 1200. The van der Waals surface area contributed by atoms with Gasteiger partial charge in [0.05, 0.1) is 38.6 Å². The minimum Gasteiger partial charge on any atom is -0.464 e. The number of nitrogens with zero attached hydrogens (tertiary/aromatic N) is 2. The van der Waals surface area contributed by atoms with Crippen molar-refractivity contribution in [1.82, 2.24) is 4.67 Å². The quantitative estimate of drug-likeness (QED) is 0.0492. The van der Waals surface area contributed by atoms with Crippen LogP contribution in [0.15, 0.2) is 44.2 Å². The molecule has 2 atom stereocenters. The van der Waals surface area contributed by atoms with E-state index in [4.69, 9.17) is 36.0 Å². The maximum Gasteiger partial charge on any atom is 0.336 e. The highest BCUT2D eigenvalue weighted by Crippen LogP contribution is 2.47. The van der Waals surface area contributed by atoms with Crippen molar-refractivity contribution >= 4 is 53.5 Å². The van der Waals surface area contributed by atoms with Crippen LogP contribution in [0.25, 0.3) is 21.9 Å². The number of hydrogen-bond donors (Lipinski definition) is 0. The number of benzene rings is 1. The Kier molecular flexibility index (Phi) is 11.5. The lowest BCUT2D eigenvalue weighted by molar-refractivity contribution is -0.190. The third-order valence-electron chi connectivity index (χ3n) is 5.16. The predicted octanol–water partition coefficient (Wildman–Crippen LogP) is 6.02. The average Bonchev–Trinajstić information content (AvgIpc) is 3.22. The van der Waals surface area contributed by atoms with Crippen molar-refractivity contribution in [1.29, 1.82) is 5.26 Å². The smallest absolute Gasteiger partial charge is 0.336 e. The molecule has 36 heavy (non-hydrogen) atoms. The summed E-state index contributed by atoms with van der Waals surface area (Å²) in [6, 6.07) is 9.13. The van der Waals surface area contributed by atoms with Crippen LogP contribution in [0.4, 0.5) is 0 Å². The molecule has 10 nitrogen and oxygen atoms in total. The van der Waals surface area contributed by atoms with E-state index in [0.29, 0.717) is 11.2 Å². The van der Waals surface area contributed by atoms with Gasteiger partial charge in [-0.05, 0) is 39.8 Å². The summed E-state index contributed by atoms with van der Waals surface area (Å²) in [4.78, 5) is 16.6. The summed E-state index contributed by atoms with van der Waals surface area (Å²) >= 11 is 1.65. The molecule has 12 heteroatoms. The molecular weight excluding hydrogens is 602 g/mol. The van der Waals surface area contributed by atoms with Crippen LogP contribution in [0, 0.1) is 11.3 Å². The zero-order valence-electron chi connectivity index (χ0n) is 20.6. The molecular formula is C24H30IN2O8P. The highest BCUT2D eigenvalue weighted by molar-refractivity contribution is 14.1. The highest BCUT2D eigenvalue weighted by atomic mass is 127. The topological polar surface area (TPSA) is 117 Å². The maximum absolute atomic E-state index is 11.5. The second kappa shape index (κ2) is 14.4. The van der Waals surface area contributed by atoms with Crippen molar-refractivity contribution < 1.29 is 30.7 Å². The van der Waals surface area contributed by atoms with Gasteiger partial charge in [-0.3, -0.25) is 0 Å². The van der Waals surface area contributed by atoms with Gasteiger partial charge in [0.2, 0.25) is 0 Å². The summed E-state index contributed by atoms with van der Waals surface area (Å²) in [7, 11) is -1.47. The lowest BCUT2D eigenvalue weighted by Gasteiger charge is -2.37. The Morgan fingerprint density at radius 2 is 1.92 bits per heavy atom. The molecule has 0 fully saturated rings. The third-order valence-corrected chi connectivity index (χ3v) is 7.59. The van der Waals surface area contributed by atoms with E-state index >= 15 is 0 Å². The molecule has 1 aromatic carbocycles. The van der Waals surface area contributed by atoms with Crippen molar-refractivity contribution in [2.24, 2.45) is 0 Å². The molecule has 0 saturated heterocycles. The van der Waals surface area contributed by atoms with Gasteiger partial charge in [-0.2, -0.15) is 8.48 Å². The first-order valence-corrected chi connectivity index (χ1v) is 13.5. The van der Waals surface area contributed by atoms with Crippen LogP contribution in [0.3, 0.4) is 0 Å². The number of rotatable bonds is 15. The highest BCUT2D eigenvalue weighted by Gasteiger charge is 2.30. The Labute approximate surface area is 224 Å². The summed E-state index contributed by atoms with van der Waals surface area (Å²) in [6.07, 6.45) is 1.41. The molecule has 0 aliphatic rings. The molecule has 3 rings (SSSR count). The summed E-state index contributed by atoms with van der Waals surface area (Å²) in [6.45, 7) is 9.16. The zero-order valence-corrected chi connectivity index (χ0v) is 23.7. The van der Waals surface area contributed by atoms with E-state index in [-0.39, 0.29) is 44.9 Å². The number of nitriles is 1. The van der Waals surface area contributed by atoms with Crippen molar-refractivity contribution in [3.63, 3.8) is 0 Å². The normalized spacial score (nSPS) is 13.8. The molecule has 2 unspecified atom stereocenters. The van der Waals surface area contributed by atoms with Crippen molar-refractivity contribution in [3.05, 3.63) is 46.5 Å². The first-order valence-electron chi connectivity index (χ1n) is 11.5. The van der Waals surface area contributed by atoms with Gasteiger partial charge >= 0.3 is 5.63 Å². The minimum absolute atomic E-state index is 0.128. The molecule has 0 aliphatic carbocycles. The summed E-state index contributed by atoms with van der Waals surface area (Å²) in [5.74, 6) is 0. The number of halogens is 1. The van der Waals surface area contributed by atoms with E-state index in [1.165, 1.54) is 6.07 Å². The Morgan fingerprint density at radius 1 is 1.14 bits per heavy atom. The van der Waals surface area contributed by atoms with E-state index in [1.54, 1.807) is 41.4 Å². The fourth-order valence-electron chi connectivity index (χ4n) is 3.69. The zero-order chi connectivity index (χ0) is 26.1. The Hall–Kier alpha value is -1.62. The summed E-state index contributed by atoms with van der Waals surface area (Å²) in [5, 5.41) is 10.6. The fourth-order valence-corrected chi connectivity index (χ4v) is 5.52. The summed E-state index contributed by atoms with van der Waals surface area (Å²) < 4.78 is 36.1. The van der Waals surface area contributed by atoms with Crippen molar-refractivity contribution in [3.8, 4) is 6.07 Å². The number of fused-ring (bicyclic) bond motifs is 2. The molecule has 0 bridgehead atoms. The molecule has 3 aromatic rings. The van der Waals surface area contributed by atoms with Crippen LogP contribution < -0.4 is 5.63 Å². The van der Waals surface area contributed by atoms with Crippen LogP contribution in [0.1, 0.15) is 39.7 Å². The molecule has 0 saturated carbocycles. The second-order valence-corrected chi connectivity index (χ2v) is 10.3. The second-order valence-electron chi connectivity index (χ2n) is 8.54. The van der Waals surface area contributed by atoms with Gasteiger partial charge in [0.15, 0.2) is 23.0 Å². The summed E-state index contributed by atoms with van der Waals surface area (Å²) in [5.41, 5.74) is 1.50. The van der Waals surface area contributed by atoms with Gasteiger partial charge in [0.25, 0.3) is 8.53 Å². The van der Waals surface area contributed by atoms with E-state index in [2.05, 4.69) is 38.4 Å². The minimum atomic E-state index is -1.47. The standard InChI is InChI=1S/C24H30IN2O8P/c1-16(2)27(17(3)4)36(32-9-5-8-26)34-20(15-31-35-25)14-29-12-19-13-30-23-11-22-18(10-21(19)23)6-7-24(28)33-22/h6-7,10-11,13,16-17,20H,5,9,12,14-15H2,1-4H3. The van der Waals surface area contributed by atoms with Gasteiger partial charge < -0.3 is 22.6 Å². The van der Waals surface area contributed by atoms with Gasteiger partial charge in [0.1, 0.15) is 23.9 Å². The predicted molar refractivity (Wildman–Crippen MR) is 143 cm³/mol. The molecule has 2 heterocycles. The molecule has 196 valence electrons. The largest absolute Gasteiger partial charge is 0.464 e. The van der Waals surface area contributed by atoms with Gasteiger partial charge in [-0.25, -0.2) is 14.4 Å². The van der Waals surface area contributed by atoms with Gasteiger partial charge in [-0.15, -0.1) is 0 Å². The molecule has 0 aliphatic heterocycles. The molecule has 0 spiro atoms. The van der Waals surface area contributed by atoms with Crippen LogP contribution >= 0.6 is 31.5 Å². The lowest BCUT2D eigenvalue weighted by Crippen LogP contribution is -2.36. The lowest BCUT2D eigenvalue weighted by atomic mass is 10.1. The SMILES string of the molecule is CC(C)N(C(C)C)P(OCCC#N)OC(COCc1coc2cc3oc(=O)ccc3cc12)COOI. The Balaban J connectivity index is 1.71. The average molecular weight is 632 g/mol. The van der Waals surface area contributed by atoms with Crippen molar-refractivity contribution in [2.45, 2.75) is 58.9 Å². The van der Waals surface area contributed by atoms with E-state index in [0.717, 1.165) is 16.3 Å². The fraction of sp³-hybridized carbons (Fsp3) is 0.500. The van der Waals surface area contributed by atoms with Crippen LogP contribution in [0.2, 0.25) is 0 Å². The van der Waals surface area contributed by atoms with Gasteiger partial charge in [-0.1, -0.05) is 0 Å². The monoisotopic (exact) mass is 632 g/mol. The molecule has 0 radical (unpaired) electrons. The van der Waals surface area contributed by atoms with Crippen LogP contribution in [-0.2, 0) is 28.5 Å². The van der Waals surface area contributed by atoms with E-state index in [9.17, 15) is 4.79 Å². The number of hydrogen-bond acceptors (Lipinski definition) is 10. The van der Waals surface area contributed by atoms with Crippen LogP contribution in [0.5, 0.6) is 0 Å². The number of ether oxygens (including phenoxy) is 1. The third kappa shape index (κ3) is 7.94. The first-order chi connectivity index (χ1) is 17.3. The maximum atomic E-state index is 11.5. The van der Waals surface area contributed by atoms with E-state index in [1.807, 2.05) is 6.07 Å². The van der Waals surface area contributed by atoms with Crippen LogP contribution in [-0.4, -0.2) is 42.7 Å². The number of furan rings is 1. The van der Waals surface area contributed by atoms with Crippen molar-refractivity contribution in [2.75, 3.05) is 19.8 Å². The first kappa shape index (κ1) is 28.9. The molecule has 2 aromatic heterocycles.